The number of benzene rings is 1. The molecule has 0 atom stereocenters. The maximum atomic E-state index is 11.7. The van der Waals surface area contributed by atoms with Crippen LogP contribution in [0.2, 0.25) is 0 Å². The van der Waals surface area contributed by atoms with Crippen LogP contribution in [0.25, 0.3) is 0 Å². The quantitative estimate of drug-likeness (QED) is 0.794. The molecule has 0 bridgehead atoms. The van der Waals surface area contributed by atoms with E-state index in [1.165, 1.54) is 12.4 Å². The lowest BCUT2D eigenvalue weighted by molar-refractivity contribution is 0.0955. The van der Waals surface area contributed by atoms with E-state index in [0.717, 1.165) is 0 Å². The zero-order chi connectivity index (χ0) is 14.2. The maximum Gasteiger partial charge on any atom is 0.251 e. The summed E-state index contributed by atoms with van der Waals surface area (Å²) in [6.45, 7) is 0.995. The average Bonchev–Trinajstić information content (AvgIpc) is 2.53. The van der Waals surface area contributed by atoms with Crippen molar-refractivity contribution in [2.75, 3.05) is 18.4 Å². The van der Waals surface area contributed by atoms with Crippen molar-refractivity contribution in [1.29, 1.82) is 5.26 Å². The van der Waals surface area contributed by atoms with Gasteiger partial charge in [0.1, 0.15) is 11.9 Å². The molecule has 1 aromatic heterocycles. The highest BCUT2D eigenvalue weighted by molar-refractivity contribution is 5.94. The number of hydrogen-bond donors (Lipinski definition) is 2. The second-order valence-electron chi connectivity index (χ2n) is 3.95. The number of anilines is 1. The number of amides is 1. The van der Waals surface area contributed by atoms with Crippen molar-refractivity contribution < 1.29 is 4.79 Å². The van der Waals surface area contributed by atoms with E-state index in [2.05, 4.69) is 20.6 Å². The third-order valence-corrected chi connectivity index (χ3v) is 2.52. The van der Waals surface area contributed by atoms with Crippen LogP contribution in [0.1, 0.15) is 16.1 Å². The second kappa shape index (κ2) is 6.85. The zero-order valence-electron chi connectivity index (χ0n) is 10.7. The number of nitrogens with zero attached hydrogens (tertiary/aromatic N) is 3. The van der Waals surface area contributed by atoms with Crippen LogP contribution < -0.4 is 10.6 Å². The minimum Gasteiger partial charge on any atom is -0.367 e. The SMILES string of the molecule is N#Cc1cnc(NCCNC(=O)c2ccccc2)cn1. The molecule has 0 saturated heterocycles. The van der Waals surface area contributed by atoms with Gasteiger partial charge in [0.05, 0.1) is 12.4 Å². The Morgan fingerprint density at radius 2 is 1.95 bits per heavy atom. The Kier molecular flexibility index (Phi) is 4.62. The highest BCUT2D eigenvalue weighted by Gasteiger charge is 2.02. The van der Waals surface area contributed by atoms with Gasteiger partial charge in [-0.2, -0.15) is 5.26 Å². The van der Waals surface area contributed by atoms with E-state index in [-0.39, 0.29) is 11.6 Å². The first-order valence-electron chi connectivity index (χ1n) is 6.09. The highest BCUT2D eigenvalue weighted by Crippen LogP contribution is 1.99. The molecule has 0 radical (unpaired) electrons. The molecule has 0 aliphatic rings. The molecule has 1 amide bonds. The van der Waals surface area contributed by atoms with Crippen LogP contribution in [-0.2, 0) is 0 Å². The standard InChI is InChI=1S/C14H13N5O/c15-8-12-9-19-13(10-18-12)16-6-7-17-14(20)11-4-2-1-3-5-11/h1-5,9-10H,6-7H2,(H,16,19)(H,17,20). The molecule has 2 aromatic rings. The van der Waals surface area contributed by atoms with Gasteiger partial charge in [-0.3, -0.25) is 4.79 Å². The minimum absolute atomic E-state index is 0.113. The van der Waals surface area contributed by atoms with Crippen LogP contribution in [0.5, 0.6) is 0 Å². The summed E-state index contributed by atoms with van der Waals surface area (Å²) in [5.41, 5.74) is 0.901. The number of nitrogens with one attached hydrogen (secondary N) is 2. The van der Waals surface area contributed by atoms with Gasteiger partial charge in [0.25, 0.3) is 5.91 Å². The van der Waals surface area contributed by atoms with Crippen LogP contribution in [0, 0.1) is 11.3 Å². The molecule has 6 nitrogen and oxygen atoms in total. The van der Waals surface area contributed by atoms with Gasteiger partial charge in [0.2, 0.25) is 0 Å². The van der Waals surface area contributed by atoms with Crippen molar-refractivity contribution in [3.63, 3.8) is 0 Å². The van der Waals surface area contributed by atoms with Crippen LogP contribution in [-0.4, -0.2) is 29.0 Å². The predicted molar refractivity (Wildman–Crippen MR) is 74.0 cm³/mol. The lowest BCUT2D eigenvalue weighted by Crippen LogP contribution is -2.28. The van der Waals surface area contributed by atoms with Gasteiger partial charge in [-0.25, -0.2) is 9.97 Å². The Hall–Kier alpha value is -2.94. The van der Waals surface area contributed by atoms with E-state index in [9.17, 15) is 4.79 Å². The monoisotopic (exact) mass is 267 g/mol. The fourth-order valence-electron chi connectivity index (χ4n) is 1.54. The van der Waals surface area contributed by atoms with Crippen LogP contribution in [0.3, 0.4) is 0 Å². The number of carbonyl (C=O) groups is 1. The van der Waals surface area contributed by atoms with E-state index in [0.29, 0.717) is 24.5 Å². The number of aromatic nitrogens is 2. The van der Waals surface area contributed by atoms with Crippen molar-refractivity contribution in [3.05, 3.63) is 54.0 Å². The molecule has 0 aliphatic heterocycles. The maximum absolute atomic E-state index is 11.7. The summed E-state index contributed by atoms with van der Waals surface area (Å²) in [6.07, 6.45) is 2.88. The number of carbonyl (C=O) groups excluding carboxylic acids is 1. The van der Waals surface area contributed by atoms with E-state index in [1.807, 2.05) is 24.3 Å². The fourth-order valence-corrected chi connectivity index (χ4v) is 1.54. The first-order valence-corrected chi connectivity index (χ1v) is 6.09. The fraction of sp³-hybridized carbons (Fsp3) is 0.143. The molecule has 20 heavy (non-hydrogen) atoms. The number of hydrogen-bond acceptors (Lipinski definition) is 5. The van der Waals surface area contributed by atoms with E-state index >= 15 is 0 Å². The summed E-state index contributed by atoms with van der Waals surface area (Å²) < 4.78 is 0. The lowest BCUT2D eigenvalue weighted by Gasteiger charge is -2.07. The molecule has 0 unspecified atom stereocenters. The largest absolute Gasteiger partial charge is 0.367 e. The third-order valence-electron chi connectivity index (χ3n) is 2.52. The summed E-state index contributed by atoms with van der Waals surface area (Å²) in [4.78, 5) is 19.6. The summed E-state index contributed by atoms with van der Waals surface area (Å²) in [6, 6.07) is 10.9. The molecule has 0 aliphatic carbocycles. The smallest absolute Gasteiger partial charge is 0.251 e. The van der Waals surface area contributed by atoms with Gasteiger partial charge in [-0.1, -0.05) is 18.2 Å². The van der Waals surface area contributed by atoms with Gasteiger partial charge in [-0.15, -0.1) is 0 Å². The first-order chi connectivity index (χ1) is 9.79. The average molecular weight is 267 g/mol. The van der Waals surface area contributed by atoms with Gasteiger partial charge < -0.3 is 10.6 Å². The Labute approximate surface area is 116 Å². The highest BCUT2D eigenvalue weighted by atomic mass is 16.1. The van der Waals surface area contributed by atoms with E-state index in [4.69, 9.17) is 5.26 Å². The molecule has 1 aromatic carbocycles. The molecule has 0 saturated carbocycles. The van der Waals surface area contributed by atoms with Crippen LogP contribution >= 0.6 is 0 Å². The third kappa shape index (κ3) is 3.78. The predicted octanol–water partition coefficient (Wildman–Crippen LogP) is 1.19. The summed E-state index contributed by atoms with van der Waals surface area (Å²) in [5, 5.41) is 14.4. The Morgan fingerprint density at radius 1 is 1.15 bits per heavy atom. The molecule has 0 spiro atoms. The summed E-state index contributed by atoms with van der Waals surface area (Å²) in [7, 11) is 0. The second-order valence-corrected chi connectivity index (χ2v) is 3.95. The molecule has 100 valence electrons. The first kappa shape index (κ1) is 13.5. The van der Waals surface area contributed by atoms with E-state index < -0.39 is 0 Å². The van der Waals surface area contributed by atoms with E-state index in [1.54, 1.807) is 12.1 Å². The Bertz CT molecular complexity index is 604. The van der Waals surface area contributed by atoms with Gasteiger partial charge in [0, 0.05) is 18.7 Å². The number of nitriles is 1. The summed E-state index contributed by atoms with van der Waals surface area (Å²) >= 11 is 0. The molecule has 2 N–H and O–H groups in total. The normalized spacial score (nSPS) is 9.55. The van der Waals surface area contributed by atoms with Crippen molar-refractivity contribution >= 4 is 11.7 Å². The Morgan fingerprint density at radius 3 is 2.60 bits per heavy atom. The molecule has 6 heteroatoms. The van der Waals surface area contributed by atoms with Gasteiger partial charge in [0.15, 0.2) is 5.69 Å². The minimum atomic E-state index is -0.113. The van der Waals surface area contributed by atoms with Gasteiger partial charge in [-0.05, 0) is 12.1 Å². The van der Waals surface area contributed by atoms with Crippen molar-refractivity contribution in [2.24, 2.45) is 0 Å². The van der Waals surface area contributed by atoms with Crippen molar-refractivity contribution in [2.45, 2.75) is 0 Å². The van der Waals surface area contributed by atoms with Crippen molar-refractivity contribution in [3.8, 4) is 6.07 Å². The van der Waals surface area contributed by atoms with Crippen molar-refractivity contribution in [1.82, 2.24) is 15.3 Å². The zero-order valence-corrected chi connectivity index (χ0v) is 10.7. The molecule has 1 heterocycles. The van der Waals surface area contributed by atoms with Crippen LogP contribution in [0.4, 0.5) is 5.82 Å². The topological polar surface area (TPSA) is 90.7 Å². The van der Waals surface area contributed by atoms with Crippen LogP contribution in [0.15, 0.2) is 42.7 Å². The van der Waals surface area contributed by atoms with Gasteiger partial charge >= 0.3 is 0 Å². The lowest BCUT2D eigenvalue weighted by atomic mass is 10.2. The summed E-state index contributed by atoms with van der Waals surface area (Å²) in [5.74, 6) is 0.455. The molecule has 0 fully saturated rings. The molecule has 2 rings (SSSR count). The molecular weight excluding hydrogens is 254 g/mol. The Balaban J connectivity index is 1.74. The number of rotatable bonds is 5. The molecular formula is C14H13N5O.